The van der Waals surface area contributed by atoms with Crippen LogP contribution in [0.5, 0.6) is 0 Å². The highest BCUT2D eigenvalue weighted by molar-refractivity contribution is 5.78. The van der Waals surface area contributed by atoms with Gasteiger partial charge in [-0.2, -0.15) is 0 Å². The summed E-state index contributed by atoms with van der Waals surface area (Å²) in [6, 6.07) is 0. The van der Waals surface area contributed by atoms with Crippen LogP contribution in [0.4, 0.5) is 0 Å². The van der Waals surface area contributed by atoms with Crippen molar-refractivity contribution in [3.05, 3.63) is 0 Å². The van der Waals surface area contributed by atoms with Crippen LogP contribution in [0.3, 0.4) is 0 Å². The summed E-state index contributed by atoms with van der Waals surface area (Å²) < 4.78 is 5.53. The van der Waals surface area contributed by atoms with E-state index in [4.69, 9.17) is 9.84 Å². The Morgan fingerprint density at radius 2 is 1.84 bits per heavy atom. The molecule has 1 N–H and O–H groups in total. The Bertz CT molecular complexity index is 244. The maximum Gasteiger partial charge on any atom is 0.225 e. The maximum atomic E-state index is 12.4. The fraction of sp³-hybridized carbons (Fsp3) is 0.933. The molecule has 0 atom stereocenters. The van der Waals surface area contributed by atoms with Crippen LogP contribution in [-0.2, 0) is 9.53 Å². The van der Waals surface area contributed by atoms with E-state index in [0.29, 0.717) is 12.5 Å². The molecule has 1 rings (SSSR count). The van der Waals surface area contributed by atoms with Crippen LogP contribution in [0.15, 0.2) is 0 Å². The molecule has 4 heteroatoms. The number of aliphatic hydroxyl groups is 1. The highest BCUT2D eigenvalue weighted by atomic mass is 16.5. The monoisotopic (exact) mass is 271 g/mol. The first kappa shape index (κ1) is 16.4. The second-order valence-electron chi connectivity index (χ2n) is 5.39. The summed E-state index contributed by atoms with van der Waals surface area (Å²) >= 11 is 0. The number of nitrogens with zero attached hydrogens (tertiary/aromatic N) is 1. The van der Waals surface area contributed by atoms with E-state index in [0.717, 1.165) is 51.6 Å². The Morgan fingerprint density at radius 3 is 2.32 bits per heavy atom. The molecule has 19 heavy (non-hydrogen) atoms. The van der Waals surface area contributed by atoms with E-state index in [9.17, 15) is 4.79 Å². The number of piperidine rings is 1. The summed E-state index contributed by atoms with van der Waals surface area (Å²) in [4.78, 5) is 14.5. The second kappa shape index (κ2) is 9.32. The van der Waals surface area contributed by atoms with Gasteiger partial charge in [-0.15, -0.1) is 0 Å². The van der Waals surface area contributed by atoms with Gasteiger partial charge in [0.05, 0.1) is 19.3 Å². The third kappa shape index (κ3) is 5.49. The molecule has 112 valence electrons. The molecule has 0 radical (unpaired) electrons. The standard InChI is InChI=1S/C15H29NO3/c1-3-5-13(6-4-2)15(18)16-9-7-14(8-10-16)19-12-11-17/h13-14,17H,3-12H2,1-2H3. The van der Waals surface area contributed by atoms with Gasteiger partial charge in [0.15, 0.2) is 0 Å². The van der Waals surface area contributed by atoms with Gasteiger partial charge in [-0.1, -0.05) is 26.7 Å². The van der Waals surface area contributed by atoms with Crippen LogP contribution in [0.2, 0.25) is 0 Å². The molecule has 0 aromatic rings. The molecule has 0 bridgehead atoms. The average molecular weight is 271 g/mol. The number of aliphatic hydroxyl groups excluding tert-OH is 1. The Morgan fingerprint density at radius 1 is 1.26 bits per heavy atom. The maximum absolute atomic E-state index is 12.4. The number of likely N-dealkylation sites (tertiary alicyclic amines) is 1. The third-order valence-electron chi connectivity index (χ3n) is 3.82. The molecule has 1 aliphatic rings. The summed E-state index contributed by atoms with van der Waals surface area (Å²) in [5.74, 6) is 0.550. The number of hydrogen-bond donors (Lipinski definition) is 1. The van der Waals surface area contributed by atoms with Crippen LogP contribution >= 0.6 is 0 Å². The second-order valence-corrected chi connectivity index (χ2v) is 5.39. The molecule has 0 aromatic heterocycles. The molecule has 1 amide bonds. The summed E-state index contributed by atoms with van der Waals surface area (Å²) in [5.41, 5.74) is 0. The highest BCUT2D eigenvalue weighted by Gasteiger charge is 2.27. The van der Waals surface area contributed by atoms with E-state index < -0.39 is 0 Å². The van der Waals surface area contributed by atoms with Gasteiger partial charge < -0.3 is 14.7 Å². The SMILES string of the molecule is CCCC(CCC)C(=O)N1CCC(OCCO)CC1. The van der Waals surface area contributed by atoms with Gasteiger partial charge in [-0.05, 0) is 25.7 Å². The van der Waals surface area contributed by atoms with Crippen LogP contribution in [0, 0.1) is 5.92 Å². The molecule has 0 unspecified atom stereocenters. The quantitative estimate of drug-likeness (QED) is 0.736. The van der Waals surface area contributed by atoms with Gasteiger partial charge in [0.2, 0.25) is 5.91 Å². The molecule has 1 aliphatic heterocycles. The van der Waals surface area contributed by atoms with Gasteiger partial charge in [-0.25, -0.2) is 0 Å². The summed E-state index contributed by atoms with van der Waals surface area (Å²) in [5, 5.41) is 8.74. The lowest BCUT2D eigenvalue weighted by Crippen LogP contribution is -2.43. The average Bonchev–Trinajstić information content (AvgIpc) is 2.44. The van der Waals surface area contributed by atoms with Crippen molar-refractivity contribution < 1.29 is 14.6 Å². The Kier molecular flexibility index (Phi) is 8.07. The zero-order valence-corrected chi connectivity index (χ0v) is 12.4. The topological polar surface area (TPSA) is 49.8 Å². The zero-order valence-electron chi connectivity index (χ0n) is 12.4. The van der Waals surface area contributed by atoms with E-state index in [1.807, 2.05) is 4.90 Å². The minimum absolute atomic E-state index is 0.0776. The van der Waals surface area contributed by atoms with Crippen LogP contribution in [0.1, 0.15) is 52.4 Å². The Hall–Kier alpha value is -0.610. The first-order valence-electron chi connectivity index (χ1n) is 7.74. The predicted molar refractivity (Wildman–Crippen MR) is 75.9 cm³/mol. The number of rotatable bonds is 8. The molecular formula is C15H29NO3. The van der Waals surface area contributed by atoms with Crippen LogP contribution in [0.25, 0.3) is 0 Å². The first-order chi connectivity index (χ1) is 9.22. The van der Waals surface area contributed by atoms with E-state index in [-0.39, 0.29) is 18.6 Å². The fourth-order valence-electron chi connectivity index (χ4n) is 2.81. The third-order valence-corrected chi connectivity index (χ3v) is 3.82. The van der Waals surface area contributed by atoms with Crippen molar-refractivity contribution in [3.8, 4) is 0 Å². The molecule has 4 nitrogen and oxygen atoms in total. The smallest absolute Gasteiger partial charge is 0.225 e. The number of carbonyl (C=O) groups excluding carboxylic acids is 1. The van der Waals surface area contributed by atoms with Crippen molar-refractivity contribution in [2.45, 2.75) is 58.5 Å². The molecule has 0 aromatic carbocycles. The van der Waals surface area contributed by atoms with Crippen molar-refractivity contribution >= 4 is 5.91 Å². The van der Waals surface area contributed by atoms with Crippen LogP contribution in [-0.4, -0.2) is 48.3 Å². The molecule has 0 saturated carbocycles. The summed E-state index contributed by atoms with van der Waals surface area (Å²) in [6.45, 7) is 6.38. The lowest BCUT2D eigenvalue weighted by Gasteiger charge is -2.34. The first-order valence-corrected chi connectivity index (χ1v) is 7.74. The molecular weight excluding hydrogens is 242 g/mol. The van der Waals surface area contributed by atoms with Gasteiger partial charge in [0.25, 0.3) is 0 Å². The van der Waals surface area contributed by atoms with E-state index in [1.54, 1.807) is 0 Å². The normalized spacial score (nSPS) is 17.2. The van der Waals surface area contributed by atoms with Gasteiger partial charge in [-0.3, -0.25) is 4.79 Å². The van der Waals surface area contributed by atoms with Gasteiger partial charge in [0, 0.05) is 19.0 Å². The highest BCUT2D eigenvalue weighted by Crippen LogP contribution is 2.21. The number of amides is 1. The molecule has 1 saturated heterocycles. The number of hydrogen-bond acceptors (Lipinski definition) is 3. The Balaban J connectivity index is 2.37. The van der Waals surface area contributed by atoms with Crippen molar-refractivity contribution in [1.82, 2.24) is 4.90 Å². The minimum atomic E-state index is 0.0776. The van der Waals surface area contributed by atoms with Crippen molar-refractivity contribution in [3.63, 3.8) is 0 Å². The van der Waals surface area contributed by atoms with E-state index in [1.165, 1.54) is 0 Å². The van der Waals surface area contributed by atoms with Gasteiger partial charge in [0.1, 0.15) is 0 Å². The zero-order chi connectivity index (χ0) is 14.1. The lowest BCUT2D eigenvalue weighted by molar-refractivity contribution is -0.138. The van der Waals surface area contributed by atoms with Gasteiger partial charge >= 0.3 is 0 Å². The molecule has 0 spiro atoms. The minimum Gasteiger partial charge on any atom is -0.394 e. The Labute approximate surface area is 117 Å². The van der Waals surface area contributed by atoms with Crippen molar-refractivity contribution in [2.75, 3.05) is 26.3 Å². The lowest BCUT2D eigenvalue weighted by atomic mass is 9.95. The van der Waals surface area contributed by atoms with Crippen molar-refractivity contribution in [1.29, 1.82) is 0 Å². The van der Waals surface area contributed by atoms with Crippen molar-refractivity contribution in [2.24, 2.45) is 5.92 Å². The van der Waals surface area contributed by atoms with E-state index >= 15 is 0 Å². The molecule has 0 aliphatic carbocycles. The molecule has 1 heterocycles. The summed E-state index contributed by atoms with van der Waals surface area (Å²) in [6.07, 6.45) is 6.18. The molecule has 1 fully saturated rings. The number of ether oxygens (including phenoxy) is 1. The number of carbonyl (C=O) groups is 1. The summed E-state index contributed by atoms with van der Waals surface area (Å²) in [7, 11) is 0. The fourth-order valence-corrected chi connectivity index (χ4v) is 2.81. The van der Waals surface area contributed by atoms with E-state index in [2.05, 4.69) is 13.8 Å². The predicted octanol–water partition coefficient (Wildman–Crippen LogP) is 2.20. The largest absolute Gasteiger partial charge is 0.394 e. The van der Waals surface area contributed by atoms with Crippen LogP contribution < -0.4 is 0 Å².